The fourth-order valence-electron chi connectivity index (χ4n) is 6.75. The largest absolute Gasteiger partial charge is 0.342 e. The molecule has 0 aromatic rings. The summed E-state index contributed by atoms with van der Waals surface area (Å²) in [5.41, 5.74) is 6.43. The third kappa shape index (κ3) is 3.03. The number of likely N-dealkylation sites (tertiary alicyclic amines) is 2. The van der Waals surface area contributed by atoms with Crippen LogP contribution in [0.3, 0.4) is 0 Å². The Morgan fingerprint density at radius 2 is 1.56 bits per heavy atom. The summed E-state index contributed by atoms with van der Waals surface area (Å²) in [5.74, 6) is 2.70. The molecule has 0 radical (unpaired) electrons. The molecule has 2 bridgehead atoms. The first-order valence-electron chi connectivity index (χ1n) is 11.0. The molecule has 3 aliphatic carbocycles. The molecule has 5 aliphatic rings. The molecule has 2 heterocycles. The monoisotopic (exact) mass is 345 g/mol. The van der Waals surface area contributed by atoms with Crippen LogP contribution in [0.15, 0.2) is 0 Å². The van der Waals surface area contributed by atoms with Gasteiger partial charge in [-0.3, -0.25) is 9.69 Å². The summed E-state index contributed by atoms with van der Waals surface area (Å²) in [5, 5.41) is 0. The summed E-state index contributed by atoms with van der Waals surface area (Å²) < 4.78 is 0. The van der Waals surface area contributed by atoms with Gasteiger partial charge in [0.1, 0.15) is 0 Å². The van der Waals surface area contributed by atoms with Crippen LogP contribution in [0.2, 0.25) is 0 Å². The highest BCUT2D eigenvalue weighted by atomic mass is 16.2. The molecule has 2 N–H and O–H groups in total. The fraction of sp³-hybridized carbons (Fsp3) is 0.952. The molecule has 4 nitrogen and oxygen atoms in total. The molecule has 0 spiro atoms. The van der Waals surface area contributed by atoms with E-state index in [9.17, 15) is 4.79 Å². The topological polar surface area (TPSA) is 49.6 Å². The second kappa shape index (κ2) is 6.53. The van der Waals surface area contributed by atoms with E-state index in [-0.39, 0.29) is 5.92 Å². The molecule has 140 valence electrons. The molecule has 0 aromatic heterocycles. The Balaban J connectivity index is 1.23. The van der Waals surface area contributed by atoms with Crippen LogP contribution in [0, 0.1) is 23.7 Å². The average molecular weight is 346 g/mol. The molecule has 4 unspecified atom stereocenters. The minimum Gasteiger partial charge on any atom is -0.342 e. The van der Waals surface area contributed by atoms with E-state index in [1.807, 2.05) is 0 Å². The van der Waals surface area contributed by atoms with E-state index in [1.165, 1.54) is 57.9 Å². The van der Waals surface area contributed by atoms with E-state index < -0.39 is 0 Å². The van der Waals surface area contributed by atoms with Gasteiger partial charge in [0.05, 0.1) is 0 Å². The number of hydrogen-bond acceptors (Lipinski definition) is 3. The Labute approximate surface area is 152 Å². The zero-order valence-electron chi connectivity index (χ0n) is 15.6. The maximum Gasteiger partial charge on any atom is 0.225 e. The molecule has 5 rings (SSSR count). The maximum absolute atomic E-state index is 13.3. The normalized spacial score (nSPS) is 45.1. The lowest BCUT2D eigenvalue weighted by atomic mass is 9.64. The zero-order valence-corrected chi connectivity index (χ0v) is 15.6. The summed E-state index contributed by atoms with van der Waals surface area (Å²) in [6, 6.07) is 2.02. The first kappa shape index (κ1) is 16.6. The predicted octanol–water partition coefficient (Wildman–Crippen LogP) is 2.62. The number of carbonyl (C=O) groups excluding carboxylic acids is 1. The number of nitrogens with zero attached hydrogens (tertiary/aromatic N) is 2. The van der Waals surface area contributed by atoms with Gasteiger partial charge < -0.3 is 10.6 Å². The molecule has 2 aliphatic heterocycles. The van der Waals surface area contributed by atoms with E-state index >= 15 is 0 Å². The molecule has 3 saturated carbocycles. The Hall–Kier alpha value is -0.610. The van der Waals surface area contributed by atoms with Gasteiger partial charge in [-0.1, -0.05) is 6.42 Å². The van der Waals surface area contributed by atoms with Crippen molar-refractivity contribution in [1.29, 1.82) is 0 Å². The van der Waals surface area contributed by atoms with Crippen molar-refractivity contribution in [2.75, 3.05) is 19.6 Å². The zero-order chi connectivity index (χ0) is 17.0. The molecule has 5 fully saturated rings. The SMILES string of the molecule is NC1C2CCCC1CC(C(=O)N1CCC3C(CCCN3C3CC3)C1)C2. The summed E-state index contributed by atoms with van der Waals surface area (Å²) in [4.78, 5) is 18.3. The molecule has 0 aromatic carbocycles. The second-order valence-electron chi connectivity index (χ2n) is 9.71. The van der Waals surface area contributed by atoms with Gasteiger partial charge in [-0.05, 0) is 82.1 Å². The van der Waals surface area contributed by atoms with Crippen molar-refractivity contribution in [2.24, 2.45) is 29.4 Å². The lowest BCUT2D eigenvalue weighted by molar-refractivity contribution is -0.142. The van der Waals surface area contributed by atoms with Crippen molar-refractivity contribution in [3.8, 4) is 0 Å². The van der Waals surface area contributed by atoms with Gasteiger partial charge in [0.15, 0.2) is 0 Å². The van der Waals surface area contributed by atoms with Crippen LogP contribution in [-0.4, -0.2) is 53.5 Å². The van der Waals surface area contributed by atoms with Crippen LogP contribution < -0.4 is 5.73 Å². The van der Waals surface area contributed by atoms with Crippen molar-refractivity contribution in [3.05, 3.63) is 0 Å². The third-order valence-corrected chi connectivity index (χ3v) is 8.20. The maximum atomic E-state index is 13.3. The molecule has 25 heavy (non-hydrogen) atoms. The van der Waals surface area contributed by atoms with Gasteiger partial charge in [-0.25, -0.2) is 0 Å². The van der Waals surface area contributed by atoms with Gasteiger partial charge in [-0.15, -0.1) is 0 Å². The number of fused-ring (bicyclic) bond motifs is 3. The van der Waals surface area contributed by atoms with Gasteiger partial charge in [-0.2, -0.15) is 0 Å². The highest BCUT2D eigenvalue weighted by Gasteiger charge is 2.45. The number of carbonyl (C=O) groups is 1. The van der Waals surface area contributed by atoms with Crippen LogP contribution in [0.1, 0.15) is 64.2 Å². The Morgan fingerprint density at radius 1 is 0.840 bits per heavy atom. The van der Waals surface area contributed by atoms with E-state index in [2.05, 4.69) is 9.80 Å². The van der Waals surface area contributed by atoms with Crippen LogP contribution in [0.25, 0.3) is 0 Å². The van der Waals surface area contributed by atoms with Crippen molar-refractivity contribution in [1.82, 2.24) is 9.80 Å². The Bertz CT molecular complexity index is 505. The van der Waals surface area contributed by atoms with Crippen molar-refractivity contribution >= 4 is 5.91 Å². The number of piperidine rings is 2. The van der Waals surface area contributed by atoms with E-state index in [4.69, 9.17) is 5.73 Å². The third-order valence-electron chi connectivity index (χ3n) is 8.20. The highest BCUT2D eigenvalue weighted by Crippen LogP contribution is 2.43. The van der Waals surface area contributed by atoms with Gasteiger partial charge >= 0.3 is 0 Å². The van der Waals surface area contributed by atoms with E-state index in [0.29, 0.717) is 23.8 Å². The molecule has 2 saturated heterocycles. The summed E-state index contributed by atoms with van der Waals surface area (Å²) >= 11 is 0. The number of nitrogens with two attached hydrogens (primary N) is 1. The van der Waals surface area contributed by atoms with Crippen LogP contribution in [0.4, 0.5) is 0 Å². The Kier molecular flexibility index (Phi) is 4.32. The van der Waals surface area contributed by atoms with Crippen molar-refractivity contribution < 1.29 is 4.79 Å². The van der Waals surface area contributed by atoms with Crippen molar-refractivity contribution in [3.63, 3.8) is 0 Å². The van der Waals surface area contributed by atoms with Crippen LogP contribution in [0.5, 0.6) is 0 Å². The fourth-order valence-corrected chi connectivity index (χ4v) is 6.75. The first-order valence-corrected chi connectivity index (χ1v) is 11.0. The second-order valence-corrected chi connectivity index (χ2v) is 9.71. The predicted molar refractivity (Wildman–Crippen MR) is 99.0 cm³/mol. The smallest absolute Gasteiger partial charge is 0.225 e. The van der Waals surface area contributed by atoms with E-state index in [0.717, 1.165) is 43.9 Å². The molecular formula is C21H35N3O. The van der Waals surface area contributed by atoms with Gasteiger partial charge in [0.25, 0.3) is 0 Å². The van der Waals surface area contributed by atoms with Crippen molar-refractivity contribution in [2.45, 2.75) is 82.3 Å². The standard InChI is InChI=1S/C21H35N3O/c22-20-14-3-1-4-15(20)12-17(11-14)21(25)23-10-8-19-16(13-23)5-2-9-24(19)18-6-7-18/h14-20H,1-13,22H2. The minimum absolute atomic E-state index is 0.273. The molecule has 4 heteroatoms. The van der Waals surface area contributed by atoms with E-state index in [1.54, 1.807) is 0 Å². The lowest BCUT2D eigenvalue weighted by Crippen LogP contribution is -2.57. The number of rotatable bonds is 2. The lowest BCUT2D eigenvalue weighted by Gasteiger charge is -2.49. The quantitative estimate of drug-likeness (QED) is 0.837. The summed E-state index contributed by atoms with van der Waals surface area (Å²) in [6.07, 6.45) is 12.7. The number of amides is 1. The van der Waals surface area contributed by atoms with Gasteiger partial charge in [0, 0.05) is 37.1 Å². The van der Waals surface area contributed by atoms with Gasteiger partial charge in [0.2, 0.25) is 5.91 Å². The summed E-state index contributed by atoms with van der Waals surface area (Å²) in [7, 11) is 0. The van der Waals surface area contributed by atoms with Crippen LogP contribution >= 0.6 is 0 Å². The highest BCUT2D eigenvalue weighted by molar-refractivity contribution is 5.79. The Morgan fingerprint density at radius 3 is 2.28 bits per heavy atom. The number of hydrogen-bond donors (Lipinski definition) is 1. The molecule has 4 atom stereocenters. The average Bonchev–Trinajstić information content (AvgIpc) is 3.45. The molecule has 1 amide bonds. The summed E-state index contributed by atoms with van der Waals surface area (Å²) in [6.45, 7) is 3.34. The first-order chi connectivity index (χ1) is 12.2. The minimum atomic E-state index is 0.273. The molecular weight excluding hydrogens is 310 g/mol. The van der Waals surface area contributed by atoms with Crippen LogP contribution in [-0.2, 0) is 4.79 Å².